The number of anilines is 1. The van der Waals surface area contributed by atoms with E-state index in [1.165, 1.54) is 17.0 Å². The summed E-state index contributed by atoms with van der Waals surface area (Å²) in [6.45, 7) is 8.38. The first-order valence-corrected chi connectivity index (χ1v) is 10.8. The van der Waals surface area contributed by atoms with Crippen molar-refractivity contribution in [1.29, 1.82) is 0 Å². The van der Waals surface area contributed by atoms with Gasteiger partial charge in [0.2, 0.25) is 5.91 Å². The van der Waals surface area contributed by atoms with Gasteiger partial charge in [-0.1, -0.05) is 33.6 Å². The summed E-state index contributed by atoms with van der Waals surface area (Å²) in [6, 6.07) is 6.17. The first-order valence-electron chi connectivity index (χ1n) is 10.0. The van der Waals surface area contributed by atoms with Crippen LogP contribution in [-0.4, -0.2) is 27.8 Å². The van der Waals surface area contributed by atoms with Crippen molar-refractivity contribution in [3.8, 4) is 0 Å². The van der Waals surface area contributed by atoms with Crippen LogP contribution < -0.4 is 5.32 Å². The monoisotopic (exact) mass is 401 g/mol. The highest BCUT2D eigenvalue weighted by molar-refractivity contribution is 7.18. The van der Waals surface area contributed by atoms with Crippen LogP contribution in [0.5, 0.6) is 0 Å². The zero-order chi connectivity index (χ0) is 20.5. The highest BCUT2D eigenvalue weighted by Crippen LogP contribution is 2.35. The van der Waals surface area contributed by atoms with Gasteiger partial charge >= 0.3 is 0 Å². The largest absolute Gasteiger partial charge is 0.353 e. The lowest BCUT2D eigenvalue weighted by atomic mass is 9.96. The van der Waals surface area contributed by atoms with Gasteiger partial charge in [0.1, 0.15) is 0 Å². The Morgan fingerprint density at radius 1 is 1.21 bits per heavy atom. The van der Waals surface area contributed by atoms with E-state index in [2.05, 4.69) is 16.0 Å². The lowest BCUT2D eigenvalue weighted by molar-refractivity contribution is -0.123. The summed E-state index contributed by atoms with van der Waals surface area (Å²) in [6.07, 6.45) is 6.35. The van der Waals surface area contributed by atoms with E-state index < -0.39 is 5.41 Å². The Hall–Kier alpha value is -2.08. The second-order valence-electron chi connectivity index (χ2n) is 8.73. The molecule has 0 saturated carbocycles. The van der Waals surface area contributed by atoms with Crippen LogP contribution in [0.3, 0.4) is 0 Å². The molecule has 0 aliphatic carbocycles. The summed E-state index contributed by atoms with van der Waals surface area (Å²) in [5.41, 5.74) is 1.64. The third kappa shape index (κ3) is 4.32. The van der Waals surface area contributed by atoms with Crippen LogP contribution in [-0.2, 0) is 11.8 Å². The van der Waals surface area contributed by atoms with E-state index in [0.29, 0.717) is 0 Å². The van der Waals surface area contributed by atoms with E-state index in [4.69, 9.17) is 0 Å². The Kier molecular flexibility index (Phi) is 5.98. The molecule has 152 valence electrons. The molecule has 0 spiro atoms. The van der Waals surface area contributed by atoms with Crippen LogP contribution in [0, 0.1) is 12.3 Å². The molecule has 5 nitrogen and oxygen atoms in total. The van der Waals surface area contributed by atoms with Crippen LogP contribution in [0.2, 0.25) is 0 Å². The first-order chi connectivity index (χ1) is 13.2. The topological polar surface area (TPSA) is 54.3 Å². The lowest BCUT2D eigenvalue weighted by Gasteiger charge is -2.30. The van der Waals surface area contributed by atoms with Gasteiger partial charge in [-0.2, -0.15) is 0 Å². The van der Waals surface area contributed by atoms with E-state index in [9.17, 15) is 9.59 Å². The molecular weight excluding hydrogens is 370 g/mol. The fourth-order valence-corrected chi connectivity index (χ4v) is 4.69. The Bertz CT molecular complexity index is 860. The van der Waals surface area contributed by atoms with Gasteiger partial charge in [-0.25, -0.2) is 0 Å². The smallest absolute Gasteiger partial charge is 0.264 e. The maximum absolute atomic E-state index is 13.5. The summed E-state index contributed by atoms with van der Waals surface area (Å²) in [5.74, 6) is 0.0380. The molecule has 2 aromatic heterocycles. The minimum atomic E-state index is -0.468. The summed E-state index contributed by atoms with van der Waals surface area (Å²) in [5, 5.41) is 3.71. The number of carbonyl (C=O) groups excluding carboxylic acids is 2. The van der Waals surface area contributed by atoms with Gasteiger partial charge in [-0.15, -0.1) is 11.3 Å². The molecule has 0 radical (unpaired) electrons. The first kappa shape index (κ1) is 20.6. The maximum Gasteiger partial charge on any atom is 0.264 e. The fraction of sp³-hybridized carbons (Fsp3) is 0.545. The summed E-state index contributed by atoms with van der Waals surface area (Å²) >= 11 is 1.39. The number of hydrogen-bond donors (Lipinski definition) is 1. The molecule has 1 aliphatic heterocycles. The molecular formula is C22H31N3O2S. The SMILES string of the molecule is Cc1cc(NC(=O)C(C)(C)C)sc1C(=O)N1CCCCCC1c1cccn1C. The zero-order valence-electron chi connectivity index (χ0n) is 17.5. The van der Waals surface area contributed by atoms with Crippen molar-refractivity contribution >= 4 is 28.2 Å². The van der Waals surface area contributed by atoms with Crippen molar-refractivity contribution < 1.29 is 9.59 Å². The molecule has 3 rings (SSSR count). The average molecular weight is 402 g/mol. The van der Waals surface area contributed by atoms with Gasteiger partial charge < -0.3 is 14.8 Å². The molecule has 1 N–H and O–H groups in total. The number of rotatable bonds is 3. The van der Waals surface area contributed by atoms with E-state index in [-0.39, 0.29) is 17.9 Å². The maximum atomic E-state index is 13.5. The molecule has 1 fully saturated rings. The average Bonchev–Trinajstić information content (AvgIpc) is 3.10. The lowest BCUT2D eigenvalue weighted by Crippen LogP contribution is -2.35. The molecule has 1 atom stereocenters. The van der Waals surface area contributed by atoms with E-state index in [1.807, 2.05) is 58.0 Å². The minimum Gasteiger partial charge on any atom is -0.353 e. The molecule has 2 aromatic rings. The highest BCUT2D eigenvalue weighted by Gasteiger charge is 2.31. The van der Waals surface area contributed by atoms with Gasteiger partial charge in [0, 0.05) is 30.9 Å². The number of aryl methyl sites for hydroxylation is 2. The standard InChI is InChI=1S/C22H31N3O2S/c1-15-14-18(23-21(27)22(2,3)4)28-19(15)20(26)25-13-8-6-7-10-17(25)16-11-9-12-24(16)5/h9,11-12,14,17H,6-8,10,13H2,1-5H3,(H,23,27). The Morgan fingerprint density at radius 3 is 2.61 bits per heavy atom. The number of amides is 2. The van der Waals surface area contributed by atoms with E-state index >= 15 is 0 Å². The van der Waals surface area contributed by atoms with Crippen molar-refractivity contribution in [2.45, 2.75) is 59.4 Å². The van der Waals surface area contributed by atoms with Gasteiger partial charge in [0.15, 0.2) is 0 Å². The predicted octanol–water partition coefficient (Wildman–Crippen LogP) is 5.14. The van der Waals surface area contributed by atoms with Crippen molar-refractivity contribution in [1.82, 2.24) is 9.47 Å². The number of carbonyl (C=O) groups is 2. The Labute approximate surface area is 171 Å². The molecule has 2 amide bonds. The van der Waals surface area contributed by atoms with Crippen LogP contribution >= 0.6 is 11.3 Å². The molecule has 28 heavy (non-hydrogen) atoms. The van der Waals surface area contributed by atoms with Gasteiger partial charge in [0.05, 0.1) is 15.9 Å². The number of aromatic nitrogens is 1. The third-order valence-corrected chi connectivity index (χ3v) is 6.51. The van der Waals surface area contributed by atoms with Crippen LogP contribution in [0.25, 0.3) is 0 Å². The third-order valence-electron chi connectivity index (χ3n) is 5.37. The normalized spacial score (nSPS) is 18.0. The number of thiophene rings is 1. The second-order valence-corrected chi connectivity index (χ2v) is 9.79. The van der Waals surface area contributed by atoms with E-state index in [1.54, 1.807) is 0 Å². The molecule has 1 saturated heterocycles. The summed E-state index contributed by atoms with van der Waals surface area (Å²) in [4.78, 5) is 28.6. The van der Waals surface area contributed by atoms with Crippen LogP contribution in [0.4, 0.5) is 5.00 Å². The van der Waals surface area contributed by atoms with Crippen LogP contribution in [0.1, 0.15) is 73.4 Å². The van der Waals surface area contributed by atoms with E-state index in [0.717, 1.165) is 47.7 Å². The van der Waals surface area contributed by atoms with Crippen molar-refractivity contribution in [3.63, 3.8) is 0 Å². The molecule has 1 aliphatic rings. The summed E-state index contributed by atoms with van der Waals surface area (Å²) in [7, 11) is 2.04. The number of nitrogens with zero attached hydrogens (tertiary/aromatic N) is 2. The van der Waals surface area contributed by atoms with Gasteiger partial charge in [0.25, 0.3) is 5.91 Å². The zero-order valence-corrected chi connectivity index (χ0v) is 18.4. The Morgan fingerprint density at radius 2 is 1.96 bits per heavy atom. The number of hydrogen-bond acceptors (Lipinski definition) is 3. The predicted molar refractivity (Wildman–Crippen MR) is 115 cm³/mol. The summed E-state index contributed by atoms with van der Waals surface area (Å²) < 4.78 is 2.12. The fourth-order valence-electron chi connectivity index (χ4n) is 3.67. The van der Waals surface area contributed by atoms with Crippen molar-refractivity contribution in [2.75, 3.05) is 11.9 Å². The van der Waals surface area contributed by atoms with Crippen LogP contribution in [0.15, 0.2) is 24.4 Å². The Balaban J connectivity index is 1.87. The number of nitrogens with one attached hydrogen (secondary N) is 1. The molecule has 6 heteroatoms. The highest BCUT2D eigenvalue weighted by atomic mass is 32.1. The molecule has 0 aromatic carbocycles. The molecule has 0 bridgehead atoms. The quantitative estimate of drug-likeness (QED) is 0.774. The second kappa shape index (κ2) is 8.11. The van der Waals surface area contributed by atoms with Gasteiger partial charge in [-0.3, -0.25) is 9.59 Å². The van der Waals surface area contributed by atoms with Crippen molar-refractivity contribution in [3.05, 3.63) is 40.5 Å². The minimum absolute atomic E-state index is 0.0378. The van der Waals surface area contributed by atoms with Crippen molar-refractivity contribution in [2.24, 2.45) is 12.5 Å². The molecule has 1 unspecified atom stereocenters. The van der Waals surface area contributed by atoms with Gasteiger partial charge in [-0.05, 0) is 43.5 Å². The number of likely N-dealkylation sites (tertiary alicyclic amines) is 1. The molecule has 3 heterocycles.